The number of nitrogens with two attached hydrogens (primary N) is 1. The van der Waals surface area contributed by atoms with Crippen LogP contribution in [-0.2, 0) is 6.54 Å². The van der Waals surface area contributed by atoms with E-state index in [0.29, 0.717) is 23.4 Å². The molecular formula is C16H16N4O. The number of carbonyl (C=O) groups excluding carboxylic acids is 1. The third kappa shape index (κ3) is 3.59. The normalized spacial score (nSPS) is 9.76. The fourth-order valence-electron chi connectivity index (χ4n) is 2.00. The van der Waals surface area contributed by atoms with E-state index in [4.69, 9.17) is 11.1 Å². The van der Waals surface area contributed by atoms with Crippen LogP contribution in [0.15, 0.2) is 42.5 Å². The Morgan fingerprint density at radius 3 is 2.81 bits per heavy atom. The molecule has 0 atom stereocenters. The number of hydrazine groups is 1. The summed E-state index contributed by atoms with van der Waals surface area (Å²) in [4.78, 5) is 12.2. The van der Waals surface area contributed by atoms with Crippen molar-refractivity contribution in [3.8, 4) is 6.07 Å². The van der Waals surface area contributed by atoms with E-state index >= 15 is 0 Å². The molecule has 0 aliphatic carbocycles. The molecule has 2 rings (SSSR count). The van der Waals surface area contributed by atoms with Crippen molar-refractivity contribution in [3.63, 3.8) is 0 Å². The third-order valence-electron chi connectivity index (χ3n) is 3.08. The molecule has 1 amide bonds. The largest absolute Gasteiger partial charge is 0.348 e. The minimum atomic E-state index is -0.214. The van der Waals surface area contributed by atoms with E-state index in [-0.39, 0.29) is 5.91 Å². The molecule has 0 aliphatic heterocycles. The lowest BCUT2D eigenvalue weighted by Gasteiger charge is -2.10. The maximum Gasteiger partial charge on any atom is 0.253 e. The van der Waals surface area contributed by atoms with Crippen LogP contribution in [0.2, 0.25) is 0 Å². The van der Waals surface area contributed by atoms with Gasteiger partial charge < -0.3 is 10.7 Å². The van der Waals surface area contributed by atoms with Crippen molar-refractivity contribution in [2.24, 2.45) is 5.84 Å². The highest BCUT2D eigenvalue weighted by molar-refractivity contribution is 5.99. The number of anilines is 1. The van der Waals surface area contributed by atoms with Gasteiger partial charge in [0.2, 0.25) is 0 Å². The lowest BCUT2D eigenvalue weighted by atomic mass is 10.1. The molecule has 21 heavy (non-hydrogen) atoms. The molecule has 0 saturated heterocycles. The van der Waals surface area contributed by atoms with Crippen molar-refractivity contribution in [2.75, 3.05) is 5.43 Å². The van der Waals surface area contributed by atoms with Crippen LogP contribution in [-0.4, -0.2) is 5.91 Å². The Morgan fingerprint density at radius 2 is 2.10 bits per heavy atom. The van der Waals surface area contributed by atoms with Crippen LogP contribution in [0.5, 0.6) is 0 Å². The number of aryl methyl sites for hydroxylation is 1. The zero-order valence-electron chi connectivity index (χ0n) is 11.7. The van der Waals surface area contributed by atoms with E-state index < -0.39 is 0 Å². The number of nitriles is 1. The van der Waals surface area contributed by atoms with Crippen LogP contribution in [0.1, 0.15) is 27.0 Å². The molecule has 0 heterocycles. The highest BCUT2D eigenvalue weighted by Gasteiger charge is 2.11. The van der Waals surface area contributed by atoms with Gasteiger partial charge in [-0.1, -0.05) is 23.8 Å². The molecule has 5 heteroatoms. The van der Waals surface area contributed by atoms with Gasteiger partial charge in [0.1, 0.15) is 0 Å². The van der Waals surface area contributed by atoms with E-state index in [1.54, 1.807) is 30.3 Å². The number of rotatable bonds is 4. The minimum Gasteiger partial charge on any atom is -0.348 e. The van der Waals surface area contributed by atoms with Crippen molar-refractivity contribution >= 4 is 11.6 Å². The highest BCUT2D eigenvalue weighted by atomic mass is 16.1. The average Bonchev–Trinajstić information content (AvgIpc) is 2.52. The van der Waals surface area contributed by atoms with Gasteiger partial charge in [0.25, 0.3) is 5.91 Å². The van der Waals surface area contributed by atoms with Gasteiger partial charge in [-0.15, -0.1) is 0 Å². The number of nitrogens with one attached hydrogen (secondary N) is 2. The smallest absolute Gasteiger partial charge is 0.253 e. The predicted molar refractivity (Wildman–Crippen MR) is 81.3 cm³/mol. The number of benzene rings is 2. The van der Waals surface area contributed by atoms with Gasteiger partial charge in [0, 0.05) is 6.54 Å². The lowest BCUT2D eigenvalue weighted by Crippen LogP contribution is -2.25. The first kappa shape index (κ1) is 14.6. The van der Waals surface area contributed by atoms with Crippen LogP contribution in [0.3, 0.4) is 0 Å². The minimum absolute atomic E-state index is 0.214. The van der Waals surface area contributed by atoms with Gasteiger partial charge in [-0.05, 0) is 36.8 Å². The Kier molecular flexibility index (Phi) is 4.54. The van der Waals surface area contributed by atoms with Crippen molar-refractivity contribution < 1.29 is 4.79 Å². The Hall–Kier alpha value is -2.84. The fraction of sp³-hybridized carbons (Fsp3) is 0.125. The van der Waals surface area contributed by atoms with E-state index in [0.717, 1.165) is 11.1 Å². The number of carbonyl (C=O) groups is 1. The standard InChI is InChI=1S/C16H16N4O/c1-11-5-6-15(20-18)14(7-11)16(21)19-10-13-4-2-3-12(8-13)9-17/h2-8,20H,10,18H2,1H3,(H,19,21). The molecule has 0 fully saturated rings. The second-order valence-corrected chi connectivity index (χ2v) is 4.69. The predicted octanol–water partition coefficient (Wildman–Crippen LogP) is 2.08. The maximum atomic E-state index is 12.2. The van der Waals surface area contributed by atoms with Gasteiger partial charge >= 0.3 is 0 Å². The van der Waals surface area contributed by atoms with Crippen LogP contribution in [0.4, 0.5) is 5.69 Å². The third-order valence-corrected chi connectivity index (χ3v) is 3.08. The molecule has 5 nitrogen and oxygen atoms in total. The average molecular weight is 280 g/mol. The zero-order valence-corrected chi connectivity index (χ0v) is 11.7. The topological polar surface area (TPSA) is 90.9 Å². The highest BCUT2D eigenvalue weighted by Crippen LogP contribution is 2.16. The molecule has 0 aromatic heterocycles. The molecule has 0 radical (unpaired) electrons. The van der Waals surface area contributed by atoms with Gasteiger partial charge in [-0.2, -0.15) is 5.26 Å². The van der Waals surface area contributed by atoms with Gasteiger partial charge in [-0.25, -0.2) is 0 Å². The Labute approximate surface area is 123 Å². The Morgan fingerprint density at radius 1 is 1.29 bits per heavy atom. The Bertz CT molecular complexity index is 704. The summed E-state index contributed by atoms with van der Waals surface area (Å²) in [6.45, 7) is 2.26. The molecule has 0 bridgehead atoms. The first-order valence-corrected chi connectivity index (χ1v) is 6.48. The quantitative estimate of drug-likeness (QED) is 0.590. The molecule has 0 unspecified atom stereocenters. The van der Waals surface area contributed by atoms with E-state index in [2.05, 4.69) is 16.8 Å². The molecule has 2 aromatic rings. The van der Waals surface area contributed by atoms with Crippen LogP contribution >= 0.6 is 0 Å². The lowest BCUT2D eigenvalue weighted by molar-refractivity contribution is 0.0951. The summed E-state index contributed by atoms with van der Waals surface area (Å²) in [6, 6.07) is 14.6. The van der Waals surface area contributed by atoms with Gasteiger partial charge in [-0.3, -0.25) is 10.6 Å². The molecular weight excluding hydrogens is 264 g/mol. The summed E-state index contributed by atoms with van der Waals surface area (Å²) in [7, 11) is 0. The molecule has 2 aromatic carbocycles. The van der Waals surface area contributed by atoms with Crippen LogP contribution in [0, 0.1) is 18.3 Å². The first-order chi connectivity index (χ1) is 10.1. The number of nitrogens with zero attached hydrogens (tertiary/aromatic N) is 1. The monoisotopic (exact) mass is 280 g/mol. The summed E-state index contributed by atoms with van der Waals surface area (Å²) < 4.78 is 0. The van der Waals surface area contributed by atoms with Gasteiger partial charge in [0.15, 0.2) is 0 Å². The summed E-state index contributed by atoms with van der Waals surface area (Å²) in [5.41, 5.74) is 6.00. The van der Waals surface area contributed by atoms with Crippen molar-refractivity contribution in [2.45, 2.75) is 13.5 Å². The summed E-state index contributed by atoms with van der Waals surface area (Å²) >= 11 is 0. The van der Waals surface area contributed by atoms with Crippen LogP contribution < -0.4 is 16.6 Å². The number of amides is 1. The van der Waals surface area contributed by atoms with Crippen molar-refractivity contribution in [3.05, 3.63) is 64.7 Å². The molecule has 0 aliphatic rings. The molecule has 4 N–H and O–H groups in total. The maximum absolute atomic E-state index is 12.2. The van der Waals surface area contributed by atoms with E-state index in [1.165, 1.54) is 0 Å². The second kappa shape index (κ2) is 6.55. The fourth-order valence-corrected chi connectivity index (χ4v) is 2.00. The number of nitrogen functional groups attached to an aromatic ring is 1. The summed E-state index contributed by atoms with van der Waals surface area (Å²) in [6.07, 6.45) is 0. The molecule has 0 spiro atoms. The van der Waals surface area contributed by atoms with Crippen LogP contribution in [0.25, 0.3) is 0 Å². The van der Waals surface area contributed by atoms with Gasteiger partial charge in [0.05, 0.1) is 22.9 Å². The number of hydrogen-bond donors (Lipinski definition) is 3. The zero-order chi connectivity index (χ0) is 15.2. The number of hydrogen-bond acceptors (Lipinski definition) is 4. The van der Waals surface area contributed by atoms with E-state index in [1.807, 2.05) is 19.1 Å². The molecule has 0 saturated carbocycles. The second-order valence-electron chi connectivity index (χ2n) is 4.69. The van der Waals surface area contributed by atoms with Crippen molar-refractivity contribution in [1.82, 2.24) is 5.32 Å². The summed E-state index contributed by atoms with van der Waals surface area (Å²) in [5, 5.41) is 11.7. The summed E-state index contributed by atoms with van der Waals surface area (Å²) in [5.74, 6) is 5.20. The molecule has 106 valence electrons. The SMILES string of the molecule is Cc1ccc(NN)c(C(=O)NCc2cccc(C#N)c2)c1. The first-order valence-electron chi connectivity index (χ1n) is 6.48. The Balaban J connectivity index is 2.11. The van der Waals surface area contributed by atoms with Crippen molar-refractivity contribution in [1.29, 1.82) is 5.26 Å². The van der Waals surface area contributed by atoms with E-state index in [9.17, 15) is 4.79 Å².